The van der Waals surface area contributed by atoms with E-state index in [4.69, 9.17) is 16.2 Å². The first-order valence-corrected chi connectivity index (χ1v) is 11.7. The van der Waals surface area contributed by atoms with Gasteiger partial charge in [0.05, 0.1) is 31.0 Å². The zero-order valence-corrected chi connectivity index (χ0v) is 20.0. The molecule has 3 heterocycles. The van der Waals surface area contributed by atoms with Gasteiger partial charge in [-0.1, -0.05) is 0 Å². The Morgan fingerprint density at radius 1 is 1.09 bits per heavy atom. The predicted octanol–water partition coefficient (Wildman–Crippen LogP) is 2.03. The topological polar surface area (TPSA) is 153 Å². The number of esters is 1. The summed E-state index contributed by atoms with van der Waals surface area (Å²) in [7, 11) is 0. The van der Waals surface area contributed by atoms with Crippen molar-refractivity contribution in [2.45, 2.75) is 33.2 Å². The van der Waals surface area contributed by atoms with Crippen molar-refractivity contribution >= 4 is 40.5 Å². The molecule has 0 atom stereocenters. The zero-order chi connectivity index (χ0) is 24.9. The number of nitrogen functional groups attached to an aromatic ring is 2. The molecule has 1 fully saturated rings. The van der Waals surface area contributed by atoms with Gasteiger partial charge in [-0.2, -0.15) is 9.97 Å². The van der Waals surface area contributed by atoms with Gasteiger partial charge >= 0.3 is 5.97 Å². The molecule has 1 aliphatic rings. The fourth-order valence-corrected chi connectivity index (χ4v) is 4.22. The number of aromatic nitrogens is 4. The summed E-state index contributed by atoms with van der Waals surface area (Å²) in [5.41, 5.74) is 14.6. The van der Waals surface area contributed by atoms with E-state index in [-0.39, 0.29) is 29.6 Å². The van der Waals surface area contributed by atoms with Crippen LogP contribution in [0.4, 0.5) is 17.5 Å². The predicted molar refractivity (Wildman–Crippen MR) is 132 cm³/mol. The molecule has 4 rings (SSSR count). The van der Waals surface area contributed by atoms with Gasteiger partial charge in [-0.3, -0.25) is 9.59 Å². The van der Waals surface area contributed by atoms with Crippen LogP contribution in [-0.2, 0) is 16.1 Å². The Labute approximate surface area is 203 Å². The number of anilines is 3. The monoisotopic (exact) mass is 478 g/mol. The maximum atomic E-state index is 13.0. The summed E-state index contributed by atoms with van der Waals surface area (Å²) >= 11 is 0. The standard InChI is InChI=1S/C24H30N8O3/c1-3-31(14-17-13-27-21-19(28-17)20(25)29-24(26)30-21)18-7-5-15(6-8-18)22(33)32-11-9-16(10-12-32)23(34)35-4-2/h5-8,13,16H,3-4,9-12,14H2,1-2H3,(H4,25,26,27,29,30). The number of piperidine rings is 1. The number of benzene rings is 1. The van der Waals surface area contributed by atoms with Crippen molar-refractivity contribution in [3.8, 4) is 0 Å². The van der Waals surface area contributed by atoms with Gasteiger partial charge in [0, 0.05) is 30.9 Å². The zero-order valence-electron chi connectivity index (χ0n) is 20.0. The SMILES string of the molecule is CCOC(=O)C1CCN(C(=O)c2ccc(N(CC)Cc3cnc4nc(N)nc(N)c4n3)cc2)CC1. The first-order chi connectivity index (χ1) is 16.9. The van der Waals surface area contributed by atoms with E-state index in [1.807, 2.05) is 31.2 Å². The molecule has 0 unspecified atom stereocenters. The molecule has 4 N–H and O–H groups in total. The minimum absolute atomic E-state index is 0.0305. The molecule has 1 saturated heterocycles. The lowest BCUT2D eigenvalue weighted by molar-refractivity contribution is -0.149. The Kier molecular flexibility index (Phi) is 7.23. The van der Waals surface area contributed by atoms with E-state index in [2.05, 4.69) is 24.8 Å². The minimum atomic E-state index is -0.168. The van der Waals surface area contributed by atoms with Crippen LogP contribution < -0.4 is 16.4 Å². The molecular weight excluding hydrogens is 448 g/mol. The minimum Gasteiger partial charge on any atom is -0.466 e. The number of rotatable bonds is 7. The maximum Gasteiger partial charge on any atom is 0.309 e. The van der Waals surface area contributed by atoms with Crippen LogP contribution in [0.3, 0.4) is 0 Å². The number of fused-ring (bicyclic) bond motifs is 1. The number of hydrogen-bond donors (Lipinski definition) is 2. The third kappa shape index (κ3) is 5.39. The van der Waals surface area contributed by atoms with Gasteiger partial charge in [-0.25, -0.2) is 9.97 Å². The van der Waals surface area contributed by atoms with E-state index in [0.717, 1.165) is 12.2 Å². The van der Waals surface area contributed by atoms with Gasteiger partial charge in [0.15, 0.2) is 17.0 Å². The highest BCUT2D eigenvalue weighted by atomic mass is 16.5. The lowest BCUT2D eigenvalue weighted by Crippen LogP contribution is -2.40. The number of nitrogens with two attached hydrogens (primary N) is 2. The molecular formula is C24H30N8O3. The third-order valence-corrected chi connectivity index (χ3v) is 6.12. The lowest BCUT2D eigenvalue weighted by atomic mass is 9.96. The van der Waals surface area contributed by atoms with Crippen LogP contribution in [0, 0.1) is 5.92 Å². The van der Waals surface area contributed by atoms with E-state index in [9.17, 15) is 9.59 Å². The van der Waals surface area contributed by atoms with Crippen molar-refractivity contribution in [2.75, 3.05) is 42.6 Å². The number of carbonyl (C=O) groups excluding carboxylic acids is 2. The van der Waals surface area contributed by atoms with E-state index < -0.39 is 0 Å². The van der Waals surface area contributed by atoms with Crippen molar-refractivity contribution in [1.29, 1.82) is 0 Å². The quantitative estimate of drug-likeness (QED) is 0.482. The van der Waals surface area contributed by atoms with E-state index in [1.54, 1.807) is 18.0 Å². The molecule has 35 heavy (non-hydrogen) atoms. The van der Waals surface area contributed by atoms with E-state index in [1.165, 1.54) is 0 Å². The maximum absolute atomic E-state index is 13.0. The number of likely N-dealkylation sites (tertiary alicyclic amines) is 1. The number of hydrogen-bond acceptors (Lipinski definition) is 10. The molecule has 11 heteroatoms. The second-order valence-corrected chi connectivity index (χ2v) is 8.38. The van der Waals surface area contributed by atoms with E-state index in [0.29, 0.717) is 61.5 Å². The van der Waals surface area contributed by atoms with E-state index >= 15 is 0 Å². The molecule has 0 saturated carbocycles. The molecule has 3 aromatic rings. The van der Waals surface area contributed by atoms with Gasteiger partial charge in [0.2, 0.25) is 5.95 Å². The van der Waals surface area contributed by atoms with Crippen LogP contribution in [0.2, 0.25) is 0 Å². The Balaban J connectivity index is 1.41. The Morgan fingerprint density at radius 2 is 1.80 bits per heavy atom. The van der Waals surface area contributed by atoms with Gasteiger partial charge in [-0.05, 0) is 51.0 Å². The van der Waals surface area contributed by atoms with Crippen LogP contribution in [-0.4, -0.2) is 63.0 Å². The fourth-order valence-electron chi connectivity index (χ4n) is 4.22. The Morgan fingerprint density at radius 3 is 2.46 bits per heavy atom. The molecule has 0 spiro atoms. The summed E-state index contributed by atoms with van der Waals surface area (Å²) in [6, 6.07) is 7.51. The van der Waals surface area contributed by atoms with Gasteiger partial charge in [0.1, 0.15) is 0 Å². The molecule has 1 aliphatic heterocycles. The van der Waals surface area contributed by atoms with Crippen molar-refractivity contribution in [3.05, 3.63) is 41.7 Å². The lowest BCUT2D eigenvalue weighted by Gasteiger charge is -2.31. The smallest absolute Gasteiger partial charge is 0.309 e. The number of carbonyl (C=O) groups is 2. The highest BCUT2D eigenvalue weighted by molar-refractivity contribution is 5.94. The van der Waals surface area contributed by atoms with Gasteiger partial charge in [0.25, 0.3) is 5.91 Å². The third-order valence-electron chi connectivity index (χ3n) is 6.12. The summed E-state index contributed by atoms with van der Waals surface area (Å²) in [6.07, 6.45) is 2.90. The van der Waals surface area contributed by atoms with Gasteiger partial charge < -0.3 is 26.0 Å². The van der Waals surface area contributed by atoms with Crippen molar-refractivity contribution in [1.82, 2.24) is 24.8 Å². The number of ether oxygens (including phenoxy) is 1. The number of amides is 1. The second-order valence-electron chi connectivity index (χ2n) is 8.38. The highest BCUT2D eigenvalue weighted by Gasteiger charge is 2.28. The van der Waals surface area contributed by atoms with Crippen LogP contribution in [0.25, 0.3) is 11.2 Å². The van der Waals surface area contributed by atoms with Crippen molar-refractivity contribution in [2.24, 2.45) is 5.92 Å². The summed E-state index contributed by atoms with van der Waals surface area (Å²) < 4.78 is 5.11. The van der Waals surface area contributed by atoms with Crippen LogP contribution in [0.5, 0.6) is 0 Å². The van der Waals surface area contributed by atoms with Crippen LogP contribution in [0.15, 0.2) is 30.5 Å². The van der Waals surface area contributed by atoms with Crippen molar-refractivity contribution < 1.29 is 14.3 Å². The Bertz CT molecular complexity index is 1210. The molecule has 1 aromatic carbocycles. The first kappa shape index (κ1) is 24.1. The fraction of sp³-hybridized carbons (Fsp3) is 0.417. The molecule has 0 bridgehead atoms. The summed E-state index contributed by atoms with van der Waals surface area (Å²) in [5, 5.41) is 0. The molecule has 2 aromatic heterocycles. The molecule has 184 valence electrons. The second kappa shape index (κ2) is 10.5. The molecule has 0 aliphatic carbocycles. The summed E-state index contributed by atoms with van der Waals surface area (Å²) in [6.45, 7) is 6.54. The van der Waals surface area contributed by atoms with Crippen LogP contribution in [0.1, 0.15) is 42.7 Å². The molecule has 0 radical (unpaired) electrons. The van der Waals surface area contributed by atoms with Crippen molar-refractivity contribution in [3.63, 3.8) is 0 Å². The average Bonchev–Trinajstić information content (AvgIpc) is 2.87. The largest absolute Gasteiger partial charge is 0.466 e. The highest BCUT2D eigenvalue weighted by Crippen LogP contribution is 2.23. The Hall–Kier alpha value is -4.02. The van der Waals surface area contributed by atoms with Crippen LogP contribution >= 0.6 is 0 Å². The number of nitrogens with zero attached hydrogens (tertiary/aromatic N) is 6. The molecule has 1 amide bonds. The summed E-state index contributed by atoms with van der Waals surface area (Å²) in [5.74, 6) is -0.0719. The average molecular weight is 479 g/mol. The molecule has 11 nitrogen and oxygen atoms in total. The summed E-state index contributed by atoms with van der Waals surface area (Å²) in [4.78, 5) is 45.7. The normalized spacial score (nSPS) is 14.2. The van der Waals surface area contributed by atoms with Gasteiger partial charge in [-0.15, -0.1) is 0 Å². The first-order valence-electron chi connectivity index (χ1n) is 11.7.